The summed E-state index contributed by atoms with van der Waals surface area (Å²) in [4.78, 5) is 0. The predicted octanol–water partition coefficient (Wildman–Crippen LogP) is 5.49. The fourth-order valence-corrected chi connectivity index (χ4v) is 2.92. The van der Waals surface area contributed by atoms with Gasteiger partial charge < -0.3 is 5.11 Å². The minimum absolute atomic E-state index is 0.466. The van der Waals surface area contributed by atoms with E-state index in [4.69, 9.17) is 34.8 Å². The maximum atomic E-state index is 10.4. The minimum Gasteiger partial charge on any atom is -0.384 e. The van der Waals surface area contributed by atoms with Crippen molar-refractivity contribution >= 4 is 50.7 Å². The van der Waals surface area contributed by atoms with Crippen LogP contribution in [0.3, 0.4) is 0 Å². The second-order valence-corrected chi connectivity index (χ2v) is 5.87. The highest BCUT2D eigenvalue weighted by atomic mass is 79.9. The van der Waals surface area contributed by atoms with E-state index in [0.29, 0.717) is 26.2 Å². The van der Waals surface area contributed by atoms with Crippen LogP contribution >= 0.6 is 50.7 Å². The van der Waals surface area contributed by atoms with Crippen molar-refractivity contribution < 1.29 is 5.11 Å². The molecule has 94 valence electrons. The molecule has 2 aromatic carbocycles. The normalized spacial score (nSPS) is 12.5. The van der Waals surface area contributed by atoms with Gasteiger partial charge in [-0.1, -0.05) is 56.8 Å². The third-order valence-electron chi connectivity index (χ3n) is 2.51. The summed E-state index contributed by atoms with van der Waals surface area (Å²) in [7, 11) is 0. The van der Waals surface area contributed by atoms with E-state index in [2.05, 4.69) is 15.9 Å². The molecule has 2 rings (SSSR count). The quantitative estimate of drug-likeness (QED) is 0.745. The first-order valence-corrected chi connectivity index (χ1v) is 6.99. The molecule has 0 aliphatic carbocycles. The van der Waals surface area contributed by atoms with Gasteiger partial charge in [-0.15, -0.1) is 0 Å². The lowest BCUT2D eigenvalue weighted by atomic mass is 10.0. The van der Waals surface area contributed by atoms with Crippen molar-refractivity contribution in [2.24, 2.45) is 0 Å². The van der Waals surface area contributed by atoms with Crippen molar-refractivity contribution in [3.8, 4) is 0 Å². The van der Waals surface area contributed by atoms with Crippen LogP contribution in [0.25, 0.3) is 0 Å². The standard InChI is InChI=1S/C13H8BrCl3O/c14-11-6-8(16)1-3-9(11)13(18)10-5-7(15)2-4-12(10)17/h1-6,13,18H. The summed E-state index contributed by atoms with van der Waals surface area (Å²) in [5.41, 5.74) is 1.25. The van der Waals surface area contributed by atoms with Crippen molar-refractivity contribution in [1.82, 2.24) is 0 Å². The molecule has 0 fully saturated rings. The minimum atomic E-state index is -0.858. The van der Waals surface area contributed by atoms with Crippen molar-refractivity contribution in [2.45, 2.75) is 6.10 Å². The SMILES string of the molecule is OC(c1cc(Cl)ccc1Cl)c1ccc(Cl)cc1Br. The first-order chi connectivity index (χ1) is 8.49. The van der Waals surface area contributed by atoms with Gasteiger partial charge in [0.15, 0.2) is 0 Å². The second-order valence-electron chi connectivity index (χ2n) is 3.73. The third kappa shape index (κ3) is 3.01. The van der Waals surface area contributed by atoms with E-state index in [1.807, 2.05) is 0 Å². The molecule has 0 spiro atoms. The van der Waals surface area contributed by atoms with Crippen LogP contribution in [0.15, 0.2) is 40.9 Å². The van der Waals surface area contributed by atoms with Gasteiger partial charge in [0.1, 0.15) is 6.10 Å². The molecule has 0 amide bonds. The zero-order chi connectivity index (χ0) is 13.3. The van der Waals surface area contributed by atoms with E-state index in [0.717, 1.165) is 4.47 Å². The van der Waals surface area contributed by atoms with Gasteiger partial charge >= 0.3 is 0 Å². The predicted molar refractivity (Wildman–Crippen MR) is 79.7 cm³/mol. The van der Waals surface area contributed by atoms with Crippen LogP contribution in [-0.4, -0.2) is 5.11 Å². The van der Waals surface area contributed by atoms with Gasteiger partial charge in [-0.05, 0) is 35.9 Å². The van der Waals surface area contributed by atoms with Crippen molar-refractivity contribution in [3.63, 3.8) is 0 Å². The Hall–Kier alpha value is -0.250. The van der Waals surface area contributed by atoms with Gasteiger partial charge in [-0.3, -0.25) is 0 Å². The Bertz CT molecular complexity index is 586. The van der Waals surface area contributed by atoms with Crippen LogP contribution in [0.2, 0.25) is 15.1 Å². The first kappa shape index (κ1) is 14.2. The van der Waals surface area contributed by atoms with Crippen LogP contribution < -0.4 is 0 Å². The van der Waals surface area contributed by atoms with E-state index >= 15 is 0 Å². The van der Waals surface area contributed by atoms with Crippen molar-refractivity contribution in [3.05, 3.63) is 67.1 Å². The average molecular weight is 366 g/mol. The smallest absolute Gasteiger partial charge is 0.107 e. The van der Waals surface area contributed by atoms with E-state index in [-0.39, 0.29) is 0 Å². The fraction of sp³-hybridized carbons (Fsp3) is 0.0769. The van der Waals surface area contributed by atoms with Gasteiger partial charge in [0.2, 0.25) is 0 Å². The maximum absolute atomic E-state index is 10.4. The van der Waals surface area contributed by atoms with E-state index in [1.54, 1.807) is 36.4 Å². The molecular formula is C13H8BrCl3O. The molecule has 18 heavy (non-hydrogen) atoms. The van der Waals surface area contributed by atoms with Crippen LogP contribution in [-0.2, 0) is 0 Å². The first-order valence-electron chi connectivity index (χ1n) is 5.07. The molecule has 5 heteroatoms. The zero-order valence-electron chi connectivity index (χ0n) is 9.00. The molecule has 1 nitrogen and oxygen atoms in total. The Labute approximate surface area is 128 Å². The maximum Gasteiger partial charge on any atom is 0.107 e. The summed E-state index contributed by atoms with van der Waals surface area (Å²) in [6.45, 7) is 0. The fourth-order valence-electron chi connectivity index (χ4n) is 1.61. The number of halogens is 4. The molecule has 1 N–H and O–H groups in total. The van der Waals surface area contributed by atoms with Crippen LogP contribution in [0.1, 0.15) is 17.2 Å². The van der Waals surface area contributed by atoms with Crippen molar-refractivity contribution in [1.29, 1.82) is 0 Å². The molecule has 0 bridgehead atoms. The largest absolute Gasteiger partial charge is 0.384 e. The second kappa shape index (κ2) is 5.81. The van der Waals surface area contributed by atoms with Gasteiger partial charge in [0, 0.05) is 25.1 Å². The molecule has 0 aromatic heterocycles. The molecule has 0 saturated carbocycles. The van der Waals surface area contributed by atoms with Gasteiger partial charge in [-0.25, -0.2) is 0 Å². The molecule has 0 heterocycles. The molecule has 0 radical (unpaired) electrons. The number of hydrogen-bond acceptors (Lipinski definition) is 1. The summed E-state index contributed by atoms with van der Waals surface area (Å²) in [6.07, 6.45) is -0.858. The topological polar surface area (TPSA) is 20.2 Å². The summed E-state index contributed by atoms with van der Waals surface area (Å²) in [6, 6.07) is 10.2. The Morgan fingerprint density at radius 2 is 1.50 bits per heavy atom. The Morgan fingerprint density at radius 3 is 2.17 bits per heavy atom. The zero-order valence-corrected chi connectivity index (χ0v) is 12.9. The number of hydrogen-bond donors (Lipinski definition) is 1. The average Bonchev–Trinajstić information content (AvgIpc) is 2.31. The lowest BCUT2D eigenvalue weighted by molar-refractivity contribution is 0.219. The molecule has 0 aliphatic rings. The van der Waals surface area contributed by atoms with Gasteiger partial charge in [0.05, 0.1) is 0 Å². The molecule has 0 aliphatic heterocycles. The van der Waals surface area contributed by atoms with Gasteiger partial charge in [0.25, 0.3) is 0 Å². The number of benzene rings is 2. The monoisotopic (exact) mass is 364 g/mol. The molecule has 2 aromatic rings. The molecule has 0 saturated heterocycles. The highest BCUT2D eigenvalue weighted by Crippen LogP contribution is 2.34. The van der Waals surface area contributed by atoms with Gasteiger partial charge in [-0.2, -0.15) is 0 Å². The van der Waals surface area contributed by atoms with E-state index in [1.165, 1.54) is 0 Å². The Kier molecular flexibility index (Phi) is 4.57. The van der Waals surface area contributed by atoms with E-state index < -0.39 is 6.10 Å². The summed E-state index contributed by atoms with van der Waals surface area (Å²) >= 11 is 21.2. The van der Waals surface area contributed by atoms with Crippen molar-refractivity contribution in [2.75, 3.05) is 0 Å². The van der Waals surface area contributed by atoms with Crippen LogP contribution in [0, 0.1) is 0 Å². The molecule has 1 unspecified atom stereocenters. The van der Waals surface area contributed by atoms with Crippen LogP contribution in [0.4, 0.5) is 0 Å². The number of aliphatic hydroxyl groups is 1. The number of aliphatic hydroxyl groups excluding tert-OH is 1. The molecular weight excluding hydrogens is 358 g/mol. The lowest BCUT2D eigenvalue weighted by Crippen LogP contribution is -2.01. The molecule has 1 atom stereocenters. The Morgan fingerprint density at radius 1 is 0.889 bits per heavy atom. The lowest BCUT2D eigenvalue weighted by Gasteiger charge is -2.15. The van der Waals surface area contributed by atoms with E-state index in [9.17, 15) is 5.11 Å². The Balaban J connectivity index is 2.47. The highest BCUT2D eigenvalue weighted by molar-refractivity contribution is 9.10. The van der Waals surface area contributed by atoms with Crippen LogP contribution in [0.5, 0.6) is 0 Å². The number of rotatable bonds is 2. The summed E-state index contributed by atoms with van der Waals surface area (Å²) < 4.78 is 0.721. The summed E-state index contributed by atoms with van der Waals surface area (Å²) in [5.74, 6) is 0. The summed E-state index contributed by atoms with van der Waals surface area (Å²) in [5, 5.41) is 11.9. The highest BCUT2D eigenvalue weighted by Gasteiger charge is 2.17. The third-order valence-corrected chi connectivity index (χ3v) is 4.01.